The number of nitrogens with two attached hydrogens (primary N) is 1. The summed E-state index contributed by atoms with van der Waals surface area (Å²) in [4.78, 5) is 0. The minimum atomic E-state index is 0.0295. The Kier molecular flexibility index (Phi) is 4.87. The molecule has 0 spiro atoms. The average Bonchev–Trinajstić information content (AvgIpc) is 2.41. The fourth-order valence-corrected chi connectivity index (χ4v) is 2.97. The topological polar surface area (TPSA) is 35.2 Å². The second-order valence-corrected chi connectivity index (χ2v) is 6.00. The third kappa shape index (κ3) is 3.73. The van der Waals surface area contributed by atoms with Crippen molar-refractivity contribution in [1.82, 2.24) is 0 Å². The largest absolute Gasteiger partial charge is 0.490 e. The van der Waals surface area contributed by atoms with E-state index >= 15 is 0 Å². The zero-order valence-corrected chi connectivity index (χ0v) is 12.5. The molecule has 0 aliphatic heterocycles. The van der Waals surface area contributed by atoms with Gasteiger partial charge in [0.05, 0.1) is 6.10 Å². The first-order valence-electron chi connectivity index (χ1n) is 7.63. The lowest BCUT2D eigenvalue weighted by atomic mass is 9.86. The molecule has 1 aromatic rings. The van der Waals surface area contributed by atoms with Gasteiger partial charge >= 0.3 is 0 Å². The van der Waals surface area contributed by atoms with Gasteiger partial charge in [0.25, 0.3) is 0 Å². The van der Waals surface area contributed by atoms with Crippen LogP contribution in [0.25, 0.3) is 0 Å². The summed E-state index contributed by atoms with van der Waals surface area (Å²) < 4.78 is 6.22. The highest BCUT2D eigenvalue weighted by Gasteiger charge is 2.22. The lowest BCUT2D eigenvalue weighted by Gasteiger charge is -2.29. The molecule has 2 rings (SSSR count). The zero-order chi connectivity index (χ0) is 13.8. The molecule has 2 N–H and O–H groups in total. The van der Waals surface area contributed by atoms with Crippen LogP contribution >= 0.6 is 0 Å². The molecule has 1 fully saturated rings. The summed E-state index contributed by atoms with van der Waals surface area (Å²) in [6.07, 6.45) is 6.67. The van der Waals surface area contributed by atoms with Crippen molar-refractivity contribution in [3.63, 3.8) is 0 Å². The first-order chi connectivity index (χ1) is 9.10. The summed E-state index contributed by atoms with van der Waals surface area (Å²) in [5.41, 5.74) is 8.43. The zero-order valence-electron chi connectivity index (χ0n) is 12.5. The van der Waals surface area contributed by atoms with Crippen LogP contribution in [0.2, 0.25) is 0 Å². The molecule has 0 bridgehead atoms. The van der Waals surface area contributed by atoms with E-state index in [-0.39, 0.29) is 6.04 Å². The van der Waals surface area contributed by atoms with Gasteiger partial charge in [-0.3, -0.25) is 0 Å². The maximum absolute atomic E-state index is 6.22. The molecule has 0 radical (unpaired) electrons. The van der Waals surface area contributed by atoms with Gasteiger partial charge in [-0.1, -0.05) is 31.0 Å². The van der Waals surface area contributed by atoms with Gasteiger partial charge in [-0.15, -0.1) is 0 Å². The van der Waals surface area contributed by atoms with Crippen molar-refractivity contribution >= 4 is 0 Å². The summed E-state index contributed by atoms with van der Waals surface area (Å²) in [6.45, 7) is 6.41. The summed E-state index contributed by atoms with van der Waals surface area (Å²) in [6, 6.07) is 6.37. The van der Waals surface area contributed by atoms with E-state index < -0.39 is 0 Å². The van der Waals surface area contributed by atoms with Crippen LogP contribution in [-0.2, 0) is 0 Å². The Hall–Kier alpha value is -1.02. The molecule has 2 heteroatoms. The van der Waals surface area contributed by atoms with Crippen molar-refractivity contribution in [3.05, 3.63) is 29.3 Å². The van der Waals surface area contributed by atoms with Crippen LogP contribution in [0.3, 0.4) is 0 Å². The highest BCUT2D eigenvalue weighted by molar-refractivity contribution is 5.38. The van der Waals surface area contributed by atoms with E-state index in [1.165, 1.54) is 37.7 Å². The number of hydrogen-bond donors (Lipinski definition) is 1. The summed E-state index contributed by atoms with van der Waals surface area (Å²) >= 11 is 0. The van der Waals surface area contributed by atoms with Crippen LogP contribution in [0, 0.1) is 12.8 Å². The monoisotopic (exact) mass is 261 g/mol. The number of ether oxygens (including phenoxy) is 1. The van der Waals surface area contributed by atoms with Gasteiger partial charge in [-0.25, -0.2) is 0 Å². The summed E-state index contributed by atoms with van der Waals surface area (Å²) in [5, 5.41) is 0. The predicted octanol–water partition coefficient (Wildman–Crippen LogP) is 4.36. The molecule has 1 atom stereocenters. The summed E-state index contributed by atoms with van der Waals surface area (Å²) in [7, 11) is 0. The molecule has 0 heterocycles. The fourth-order valence-electron chi connectivity index (χ4n) is 2.97. The first kappa shape index (κ1) is 14.4. The van der Waals surface area contributed by atoms with E-state index in [4.69, 9.17) is 10.5 Å². The van der Waals surface area contributed by atoms with E-state index in [1.807, 2.05) is 6.92 Å². The molecular formula is C17H27NO. The van der Waals surface area contributed by atoms with E-state index in [0.29, 0.717) is 6.10 Å². The Bertz CT molecular complexity index is 406. The second kappa shape index (κ2) is 6.42. The minimum absolute atomic E-state index is 0.0295. The van der Waals surface area contributed by atoms with Gasteiger partial charge in [0.1, 0.15) is 5.75 Å². The minimum Gasteiger partial charge on any atom is -0.490 e. The second-order valence-electron chi connectivity index (χ2n) is 6.00. The van der Waals surface area contributed by atoms with Gasteiger partial charge in [0.15, 0.2) is 0 Å². The van der Waals surface area contributed by atoms with Crippen LogP contribution in [0.1, 0.15) is 63.1 Å². The number of hydrogen-bond acceptors (Lipinski definition) is 2. The molecular weight excluding hydrogens is 234 g/mol. The maximum Gasteiger partial charge on any atom is 0.124 e. The molecule has 1 aromatic carbocycles. The van der Waals surface area contributed by atoms with Crippen molar-refractivity contribution in [2.75, 3.05) is 0 Å². The Balaban J connectivity index is 2.03. The van der Waals surface area contributed by atoms with Gasteiger partial charge in [0, 0.05) is 11.6 Å². The van der Waals surface area contributed by atoms with Gasteiger partial charge in [-0.2, -0.15) is 0 Å². The van der Waals surface area contributed by atoms with Crippen LogP contribution in [0.4, 0.5) is 0 Å². The van der Waals surface area contributed by atoms with Crippen molar-refractivity contribution in [1.29, 1.82) is 0 Å². The predicted molar refractivity (Wildman–Crippen MR) is 80.4 cm³/mol. The van der Waals surface area contributed by atoms with Crippen molar-refractivity contribution < 1.29 is 4.74 Å². The Labute approximate surface area is 117 Å². The molecule has 106 valence electrons. The number of benzene rings is 1. The molecule has 0 aromatic heterocycles. The Morgan fingerprint density at radius 2 is 1.95 bits per heavy atom. The summed E-state index contributed by atoms with van der Waals surface area (Å²) in [5.74, 6) is 1.89. The lowest BCUT2D eigenvalue weighted by molar-refractivity contribution is 0.128. The average molecular weight is 261 g/mol. The van der Waals surface area contributed by atoms with Crippen LogP contribution in [-0.4, -0.2) is 6.10 Å². The number of rotatable bonds is 4. The van der Waals surface area contributed by atoms with E-state index in [0.717, 1.165) is 17.2 Å². The smallest absolute Gasteiger partial charge is 0.124 e. The molecule has 0 saturated heterocycles. The molecule has 0 amide bonds. The molecule has 1 aliphatic rings. The van der Waals surface area contributed by atoms with Gasteiger partial charge in [0.2, 0.25) is 0 Å². The van der Waals surface area contributed by atoms with Crippen LogP contribution < -0.4 is 10.5 Å². The fraction of sp³-hybridized carbons (Fsp3) is 0.647. The normalized spacial score (nSPS) is 25.1. The highest BCUT2D eigenvalue weighted by Crippen LogP contribution is 2.32. The first-order valence-corrected chi connectivity index (χ1v) is 7.63. The van der Waals surface area contributed by atoms with Crippen molar-refractivity contribution in [3.8, 4) is 5.75 Å². The maximum atomic E-state index is 6.22. The highest BCUT2D eigenvalue weighted by atomic mass is 16.5. The van der Waals surface area contributed by atoms with E-state index in [9.17, 15) is 0 Å². The Morgan fingerprint density at radius 1 is 1.26 bits per heavy atom. The molecule has 1 unspecified atom stereocenters. The van der Waals surface area contributed by atoms with Crippen molar-refractivity contribution in [2.45, 2.75) is 65.0 Å². The van der Waals surface area contributed by atoms with Crippen LogP contribution in [0.15, 0.2) is 18.2 Å². The SMILES string of the molecule is CCC1CCC(Oc2ccc(C)cc2C(C)N)CC1. The third-order valence-corrected chi connectivity index (χ3v) is 4.32. The quantitative estimate of drug-likeness (QED) is 0.874. The third-order valence-electron chi connectivity index (χ3n) is 4.32. The molecule has 1 aliphatic carbocycles. The van der Waals surface area contributed by atoms with Crippen molar-refractivity contribution in [2.24, 2.45) is 11.7 Å². The van der Waals surface area contributed by atoms with E-state index in [2.05, 4.69) is 32.0 Å². The van der Waals surface area contributed by atoms with Gasteiger partial charge in [-0.05, 0) is 51.5 Å². The standard InChI is InChI=1S/C17H27NO/c1-4-14-6-8-15(9-7-14)19-17-10-5-12(2)11-16(17)13(3)18/h5,10-11,13-15H,4,6-9,18H2,1-3H3. The van der Waals surface area contributed by atoms with Crippen LogP contribution in [0.5, 0.6) is 5.75 Å². The Morgan fingerprint density at radius 3 is 2.53 bits per heavy atom. The van der Waals surface area contributed by atoms with E-state index in [1.54, 1.807) is 0 Å². The molecule has 2 nitrogen and oxygen atoms in total. The molecule has 19 heavy (non-hydrogen) atoms. The number of aryl methyl sites for hydroxylation is 1. The van der Waals surface area contributed by atoms with Gasteiger partial charge < -0.3 is 10.5 Å². The lowest BCUT2D eigenvalue weighted by Crippen LogP contribution is -2.24. The molecule has 1 saturated carbocycles.